The Morgan fingerprint density at radius 1 is 1.29 bits per heavy atom. The molecule has 0 saturated heterocycles. The van der Waals surface area contributed by atoms with E-state index < -0.39 is 0 Å². The fraction of sp³-hybridized carbons (Fsp3) is 0.529. The first-order valence-corrected chi connectivity index (χ1v) is 6.81. The Balaban J connectivity index is 0. The van der Waals surface area contributed by atoms with Crippen LogP contribution in [0, 0.1) is 6.08 Å². The zero-order chi connectivity index (χ0) is 13.2. The van der Waals surface area contributed by atoms with Crippen LogP contribution < -0.4 is 24.8 Å². The first-order valence-electron chi connectivity index (χ1n) is 6.81. The summed E-state index contributed by atoms with van der Waals surface area (Å²) in [5.74, 6) is 0. The molecule has 0 spiro atoms. The Morgan fingerprint density at radius 3 is 2.43 bits per heavy atom. The minimum Gasteiger partial charge on any atom is -1.00 e. The van der Waals surface area contributed by atoms with Crippen LogP contribution in [-0.4, -0.2) is 11.7 Å². The van der Waals surface area contributed by atoms with Crippen LogP contribution in [0.4, 0.5) is 0 Å². The van der Waals surface area contributed by atoms with Crippen LogP contribution in [0.2, 0.25) is 0 Å². The van der Waals surface area contributed by atoms with Gasteiger partial charge in [0.15, 0.2) is 0 Å². The van der Waals surface area contributed by atoms with Crippen molar-refractivity contribution in [1.82, 2.24) is 0 Å². The van der Waals surface area contributed by atoms with E-state index in [0.29, 0.717) is 0 Å². The van der Waals surface area contributed by atoms with Gasteiger partial charge in [-0.15, -0.1) is 6.42 Å². The van der Waals surface area contributed by atoms with Gasteiger partial charge in [-0.3, -0.25) is 6.08 Å². The summed E-state index contributed by atoms with van der Waals surface area (Å²) in [6.45, 7) is 8.58. The van der Waals surface area contributed by atoms with Crippen molar-refractivity contribution in [2.45, 2.75) is 58.7 Å². The third kappa shape index (κ3) is 6.08. The normalized spacial score (nSPS) is 23.4. The molecule has 21 heavy (non-hydrogen) atoms. The summed E-state index contributed by atoms with van der Waals surface area (Å²) < 4.78 is 6.29. The molecule has 0 aliphatic heterocycles. The molecule has 115 valence electrons. The fourth-order valence-electron chi connectivity index (χ4n) is 2.74. The van der Waals surface area contributed by atoms with E-state index in [2.05, 4.69) is 58.1 Å². The smallest absolute Gasteiger partial charge is 1.00 e. The quantitative estimate of drug-likeness (QED) is 0.439. The molecule has 0 bridgehead atoms. The molecular formula is C17H23Cl2OTi. The zero-order valence-electron chi connectivity index (χ0n) is 13.2. The maximum absolute atomic E-state index is 6.29. The number of hydrogen-bond donors (Lipinski definition) is 0. The van der Waals surface area contributed by atoms with Gasteiger partial charge in [0.2, 0.25) is 0 Å². The molecule has 2 rings (SSSR count). The van der Waals surface area contributed by atoms with E-state index in [0.717, 1.165) is 19.3 Å². The van der Waals surface area contributed by atoms with Crippen molar-refractivity contribution in [2.24, 2.45) is 0 Å². The molecule has 0 saturated carbocycles. The second-order valence-electron chi connectivity index (χ2n) is 5.63. The van der Waals surface area contributed by atoms with Crippen molar-refractivity contribution < 1.29 is 51.3 Å². The minimum absolute atomic E-state index is 0. The molecule has 0 amide bonds. The molecule has 0 aromatic rings. The van der Waals surface area contributed by atoms with E-state index in [-0.39, 0.29) is 58.2 Å². The molecule has 0 N–H and O–H groups in total. The second-order valence-corrected chi connectivity index (χ2v) is 5.63. The third-order valence-corrected chi connectivity index (χ3v) is 3.62. The fourth-order valence-corrected chi connectivity index (χ4v) is 2.74. The van der Waals surface area contributed by atoms with Crippen LogP contribution in [0.3, 0.4) is 0 Å². The van der Waals surface area contributed by atoms with Crippen LogP contribution in [0.1, 0.15) is 47.0 Å². The van der Waals surface area contributed by atoms with Gasteiger partial charge in [0.25, 0.3) is 0 Å². The molecule has 1 radical (unpaired) electrons. The van der Waals surface area contributed by atoms with E-state index in [4.69, 9.17) is 4.74 Å². The predicted molar refractivity (Wildman–Crippen MR) is 76.2 cm³/mol. The predicted octanol–water partition coefficient (Wildman–Crippen LogP) is -1.47. The van der Waals surface area contributed by atoms with Crippen molar-refractivity contribution in [3.63, 3.8) is 0 Å². The van der Waals surface area contributed by atoms with Crippen molar-refractivity contribution in [3.05, 3.63) is 47.1 Å². The molecule has 0 aromatic carbocycles. The summed E-state index contributed by atoms with van der Waals surface area (Å²) in [7, 11) is 0. The van der Waals surface area contributed by atoms with Gasteiger partial charge in [-0.25, -0.2) is 11.6 Å². The summed E-state index contributed by atoms with van der Waals surface area (Å²) in [4.78, 5) is 0. The van der Waals surface area contributed by atoms with Gasteiger partial charge in [-0.2, -0.15) is 6.08 Å². The molecule has 2 aliphatic carbocycles. The van der Waals surface area contributed by atoms with Crippen LogP contribution >= 0.6 is 0 Å². The first kappa shape index (κ1) is 23.5. The largest absolute Gasteiger partial charge is 3.00 e. The molecule has 0 aromatic heterocycles. The number of allylic oxidation sites excluding steroid dienone is 5. The molecule has 0 heterocycles. The van der Waals surface area contributed by atoms with Gasteiger partial charge in [-0.1, -0.05) is 17.7 Å². The summed E-state index contributed by atoms with van der Waals surface area (Å²) in [6.07, 6.45) is 15.4. The molecule has 2 aliphatic rings. The number of halogens is 2. The summed E-state index contributed by atoms with van der Waals surface area (Å²) >= 11 is 0. The molecule has 1 atom stereocenters. The molecule has 4 heteroatoms. The summed E-state index contributed by atoms with van der Waals surface area (Å²) in [5.41, 5.74) is 3.81. The van der Waals surface area contributed by atoms with E-state index in [1.54, 1.807) is 0 Å². The zero-order valence-corrected chi connectivity index (χ0v) is 16.2. The van der Waals surface area contributed by atoms with Crippen molar-refractivity contribution >= 4 is 0 Å². The molecule has 1 unspecified atom stereocenters. The number of ether oxygens (including phenoxy) is 1. The van der Waals surface area contributed by atoms with Crippen LogP contribution in [-0.2, 0) is 26.5 Å². The first-order chi connectivity index (χ1) is 8.52. The Hall–Kier alpha value is 0.214. The van der Waals surface area contributed by atoms with E-state index in [1.165, 1.54) is 16.7 Å². The molecule has 1 nitrogen and oxygen atoms in total. The number of rotatable bonds is 4. The van der Waals surface area contributed by atoms with E-state index in [1.807, 2.05) is 0 Å². The molecular weight excluding hydrogens is 339 g/mol. The van der Waals surface area contributed by atoms with Crippen LogP contribution in [0.25, 0.3) is 0 Å². The van der Waals surface area contributed by atoms with Gasteiger partial charge in [-0.05, 0) is 46.1 Å². The molecule has 0 fully saturated rings. The van der Waals surface area contributed by atoms with Gasteiger partial charge >= 0.3 is 21.7 Å². The van der Waals surface area contributed by atoms with Gasteiger partial charge in [0, 0.05) is 0 Å². The second kappa shape index (κ2) is 10.1. The monoisotopic (exact) mass is 361 g/mol. The SMILES string of the molecule is CC1=CCC(CC2=[C-]CC=C2)(OC(C)C)C(C)=C1.[Cl-].[Cl-].[Ti+3]. The van der Waals surface area contributed by atoms with E-state index in [9.17, 15) is 0 Å². The Labute approximate surface area is 156 Å². The average molecular weight is 362 g/mol. The van der Waals surface area contributed by atoms with Gasteiger partial charge in [0.1, 0.15) is 0 Å². The van der Waals surface area contributed by atoms with E-state index >= 15 is 0 Å². The number of hydrogen-bond acceptors (Lipinski definition) is 1. The maximum atomic E-state index is 6.29. The van der Waals surface area contributed by atoms with Gasteiger partial charge < -0.3 is 29.6 Å². The van der Waals surface area contributed by atoms with Crippen molar-refractivity contribution in [3.8, 4) is 0 Å². The summed E-state index contributed by atoms with van der Waals surface area (Å²) in [5, 5.41) is 0. The van der Waals surface area contributed by atoms with Crippen LogP contribution in [0.15, 0.2) is 41.0 Å². The standard InChI is InChI=1S/C17H23O.2ClH.Ti/c1-13(2)18-17(12-16-7-5-6-8-16)10-9-14(3)11-15(17)4;;;/h5,7,9,11,13H,6,10,12H2,1-4H3;2*1H;/q-1;;;+3/p-2. The van der Waals surface area contributed by atoms with Crippen molar-refractivity contribution in [2.75, 3.05) is 0 Å². The average Bonchev–Trinajstić information content (AvgIpc) is 2.76. The van der Waals surface area contributed by atoms with Gasteiger partial charge in [0.05, 0.1) is 11.7 Å². The minimum atomic E-state index is -0.162. The van der Waals surface area contributed by atoms with Crippen LogP contribution in [0.5, 0.6) is 0 Å². The third-order valence-electron chi connectivity index (χ3n) is 3.62. The van der Waals surface area contributed by atoms with Crippen molar-refractivity contribution in [1.29, 1.82) is 0 Å². The summed E-state index contributed by atoms with van der Waals surface area (Å²) in [6, 6.07) is 0. The Morgan fingerprint density at radius 2 is 1.95 bits per heavy atom. The topological polar surface area (TPSA) is 9.23 Å². The maximum Gasteiger partial charge on any atom is 3.00 e. The Kier molecular flexibility index (Phi) is 11.3. The Bertz CT molecular complexity index is 450.